The number of aryl methyl sites for hydroxylation is 4. The van der Waals surface area contributed by atoms with Crippen LogP contribution in [0, 0.1) is 39.3 Å². The number of hydrogen-bond acceptors (Lipinski definition) is 3. The first-order valence-electron chi connectivity index (χ1n) is 11.0. The molecule has 2 amide bonds. The minimum atomic E-state index is -0.988. The fourth-order valence-electron chi connectivity index (χ4n) is 3.87. The Labute approximate surface area is 198 Å². The maximum Gasteiger partial charge on any atom is 0.238 e. The molecule has 0 radical (unpaired) electrons. The minimum absolute atomic E-state index is 0.0692. The van der Waals surface area contributed by atoms with Crippen molar-refractivity contribution >= 4 is 23.2 Å². The van der Waals surface area contributed by atoms with E-state index in [1.54, 1.807) is 0 Å². The Morgan fingerprint density at radius 1 is 0.706 bits per heavy atom. The topological polar surface area (TPSA) is 61.4 Å². The Kier molecular flexibility index (Phi) is 8.12. The molecule has 3 aromatic rings. The maximum atomic E-state index is 14.3. The van der Waals surface area contributed by atoms with Crippen molar-refractivity contribution < 1.29 is 18.4 Å². The second kappa shape index (κ2) is 11.0. The van der Waals surface area contributed by atoms with E-state index < -0.39 is 11.6 Å². The van der Waals surface area contributed by atoms with Gasteiger partial charge in [-0.2, -0.15) is 0 Å². The number of rotatable bonds is 8. The normalized spacial score (nSPS) is 10.9. The van der Waals surface area contributed by atoms with E-state index in [0.29, 0.717) is 11.4 Å². The van der Waals surface area contributed by atoms with Crippen molar-refractivity contribution in [1.82, 2.24) is 4.90 Å². The van der Waals surface area contributed by atoms with Gasteiger partial charge in [-0.1, -0.05) is 48.5 Å². The fraction of sp³-hybridized carbons (Fsp3) is 0.259. The van der Waals surface area contributed by atoms with Crippen LogP contribution >= 0.6 is 0 Å². The van der Waals surface area contributed by atoms with E-state index in [1.807, 2.05) is 64.1 Å². The van der Waals surface area contributed by atoms with Crippen LogP contribution in [0.15, 0.2) is 54.6 Å². The lowest BCUT2D eigenvalue weighted by atomic mass is 10.1. The average Bonchev–Trinajstić information content (AvgIpc) is 2.77. The van der Waals surface area contributed by atoms with Crippen molar-refractivity contribution in [1.29, 1.82) is 0 Å². The molecule has 0 saturated heterocycles. The summed E-state index contributed by atoms with van der Waals surface area (Å²) in [7, 11) is 0. The molecule has 0 atom stereocenters. The number of carbonyl (C=O) groups excluding carboxylic acids is 2. The number of para-hydroxylation sites is 2. The summed E-state index contributed by atoms with van der Waals surface area (Å²) in [4.78, 5) is 27.2. The van der Waals surface area contributed by atoms with Gasteiger partial charge in [0.25, 0.3) is 0 Å². The van der Waals surface area contributed by atoms with Crippen molar-refractivity contribution in [3.05, 3.63) is 94.0 Å². The molecule has 7 heteroatoms. The lowest BCUT2D eigenvalue weighted by molar-refractivity contribution is -0.120. The second-order valence-electron chi connectivity index (χ2n) is 8.49. The summed E-state index contributed by atoms with van der Waals surface area (Å²) in [6.45, 7) is 7.10. The molecule has 0 aromatic heterocycles. The van der Waals surface area contributed by atoms with Crippen LogP contribution in [-0.4, -0.2) is 29.8 Å². The number of benzene rings is 3. The van der Waals surface area contributed by atoms with Crippen molar-refractivity contribution in [3.63, 3.8) is 0 Å². The number of halogens is 2. The van der Waals surface area contributed by atoms with Crippen molar-refractivity contribution in [2.45, 2.75) is 34.2 Å². The molecule has 0 spiro atoms. The smallest absolute Gasteiger partial charge is 0.238 e. The van der Waals surface area contributed by atoms with Crippen LogP contribution in [0.4, 0.5) is 20.2 Å². The van der Waals surface area contributed by atoms with Gasteiger partial charge in [0.2, 0.25) is 11.8 Å². The summed E-state index contributed by atoms with van der Waals surface area (Å²) in [6, 6.07) is 15.2. The molecule has 3 rings (SSSR count). The first-order chi connectivity index (χ1) is 16.2. The number of amides is 2. The van der Waals surface area contributed by atoms with Gasteiger partial charge in [-0.15, -0.1) is 0 Å². The van der Waals surface area contributed by atoms with Crippen molar-refractivity contribution in [2.24, 2.45) is 0 Å². The van der Waals surface area contributed by atoms with Gasteiger partial charge in [0.1, 0.15) is 0 Å². The number of hydrogen-bond donors (Lipinski definition) is 2. The van der Waals surface area contributed by atoms with Gasteiger partial charge in [0.05, 0.1) is 13.1 Å². The SMILES string of the molecule is Cc1cccc(C)c1NC(=O)CN(CC(=O)Nc1c(C)cccc1C)Cc1cccc(F)c1F. The zero-order valence-corrected chi connectivity index (χ0v) is 19.8. The standard InChI is InChI=1S/C27H29F2N3O2/c1-17-8-5-9-18(2)26(17)30-23(33)15-32(14-21-12-7-13-22(28)25(21)29)16-24(34)31-27-19(3)10-6-11-20(27)4/h5-13H,14-16H2,1-4H3,(H,30,33)(H,31,34). The van der Waals surface area contributed by atoms with Crippen molar-refractivity contribution in [3.8, 4) is 0 Å². The molecular formula is C27H29F2N3O2. The largest absolute Gasteiger partial charge is 0.324 e. The molecular weight excluding hydrogens is 436 g/mol. The predicted molar refractivity (Wildman–Crippen MR) is 131 cm³/mol. The fourth-order valence-corrected chi connectivity index (χ4v) is 3.87. The minimum Gasteiger partial charge on any atom is -0.324 e. The summed E-state index contributed by atoms with van der Waals surface area (Å²) >= 11 is 0. The zero-order valence-electron chi connectivity index (χ0n) is 19.8. The monoisotopic (exact) mass is 465 g/mol. The van der Waals surface area contributed by atoms with E-state index in [1.165, 1.54) is 17.0 Å². The first kappa shape index (κ1) is 25.1. The third-order valence-corrected chi connectivity index (χ3v) is 5.65. The van der Waals surface area contributed by atoms with E-state index in [0.717, 1.165) is 28.3 Å². The Morgan fingerprint density at radius 3 is 1.56 bits per heavy atom. The number of anilines is 2. The van der Waals surface area contributed by atoms with Gasteiger partial charge in [-0.05, 0) is 56.0 Å². The molecule has 0 aliphatic carbocycles. The summed E-state index contributed by atoms with van der Waals surface area (Å²) in [6.07, 6.45) is 0. The maximum absolute atomic E-state index is 14.3. The third kappa shape index (κ3) is 6.26. The Balaban J connectivity index is 1.79. The molecule has 5 nitrogen and oxygen atoms in total. The molecule has 0 bridgehead atoms. The first-order valence-corrected chi connectivity index (χ1v) is 11.0. The van der Waals surface area contributed by atoms with E-state index in [2.05, 4.69) is 10.6 Å². The van der Waals surface area contributed by atoms with Gasteiger partial charge in [-0.25, -0.2) is 8.78 Å². The van der Waals surface area contributed by atoms with E-state index in [4.69, 9.17) is 0 Å². The number of carbonyl (C=O) groups is 2. The Morgan fingerprint density at radius 2 is 1.12 bits per heavy atom. The van der Waals surface area contributed by atoms with E-state index >= 15 is 0 Å². The lowest BCUT2D eigenvalue weighted by Gasteiger charge is -2.23. The lowest BCUT2D eigenvalue weighted by Crippen LogP contribution is -2.39. The summed E-state index contributed by atoms with van der Waals surface area (Å²) < 4.78 is 28.1. The predicted octanol–water partition coefficient (Wildman–Crippen LogP) is 5.28. The molecule has 34 heavy (non-hydrogen) atoms. The van der Waals surface area contributed by atoms with Crippen LogP contribution in [-0.2, 0) is 16.1 Å². The molecule has 178 valence electrons. The number of nitrogens with zero attached hydrogens (tertiary/aromatic N) is 1. The van der Waals surface area contributed by atoms with Crippen LogP contribution in [0.25, 0.3) is 0 Å². The van der Waals surface area contributed by atoms with Crippen LogP contribution in [0.1, 0.15) is 27.8 Å². The Bertz CT molecular complexity index is 1100. The van der Waals surface area contributed by atoms with Gasteiger partial charge in [0.15, 0.2) is 11.6 Å². The molecule has 0 unspecified atom stereocenters. The summed E-state index contributed by atoms with van der Waals surface area (Å²) in [5.41, 5.74) is 5.09. The van der Waals surface area contributed by atoms with Gasteiger partial charge in [-0.3, -0.25) is 14.5 Å². The van der Waals surface area contributed by atoms with Gasteiger partial charge < -0.3 is 10.6 Å². The average molecular weight is 466 g/mol. The quantitative estimate of drug-likeness (QED) is 0.476. The van der Waals surface area contributed by atoms with Crippen LogP contribution in [0.5, 0.6) is 0 Å². The van der Waals surface area contributed by atoms with Gasteiger partial charge >= 0.3 is 0 Å². The summed E-state index contributed by atoms with van der Waals surface area (Å²) in [5, 5.41) is 5.76. The highest BCUT2D eigenvalue weighted by Gasteiger charge is 2.20. The third-order valence-electron chi connectivity index (χ3n) is 5.65. The molecule has 3 aromatic carbocycles. The molecule has 0 aliphatic heterocycles. The van der Waals surface area contributed by atoms with Crippen LogP contribution in [0.2, 0.25) is 0 Å². The highest BCUT2D eigenvalue weighted by atomic mass is 19.2. The second-order valence-corrected chi connectivity index (χ2v) is 8.49. The molecule has 2 N–H and O–H groups in total. The van der Waals surface area contributed by atoms with Crippen LogP contribution < -0.4 is 10.6 Å². The highest BCUT2D eigenvalue weighted by molar-refractivity contribution is 5.96. The Hall–Kier alpha value is -3.58. The van der Waals surface area contributed by atoms with Gasteiger partial charge in [0, 0.05) is 23.5 Å². The highest BCUT2D eigenvalue weighted by Crippen LogP contribution is 2.21. The molecule has 0 heterocycles. The molecule has 0 saturated carbocycles. The summed E-state index contributed by atoms with van der Waals surface area (Å²) in [5.74, 6) is -2.67. The molecule has 0 fully saturated rings. The van der Waals surface area contributed by atoms with Crippen molar-refractivity contribution in [2.75, 3.05) is 23.7 Å². The number of nitrogens with one attached hydrogen (secondary N) is 2. The molecule has 0 aliphatic rings. The zero-order chi connectivity index (χ0) is 24.8. The van der Waals surface area contributed by atoms with E-state index in [9.17, 15) is 18.4 Å². The van der Waals surface area contributed by atoms with E-state index in [-0.39, 0.29) is 37.0 Å². The van der Waals surface area contributed by atoms with Crippen LogP contribution in [0.3, 0.4) is 0 Å².